The SMILES string of the molecule is COc1cc(NC(=O)CCN2CCC(OC(=O)Nc3ccccc3-c3ccsc3)CC2)ccc1CNC[C@@H](O)c1ccc(O)c2[nH]c(=O)ccc12. The third kappa shape index (κ3) is 9.13. The summed E-state index contributed by atoms with van der Waals surface area (Å²) in [6.45, 7) is 2.65. The first-order valence-electron chi connectivity index (χ1n) is 16.8. The van der Waals surface area contributed by atoms with Gasteiger partial charge in [0.15, 0.2) is 0 Å². The van der Waals surface area contributed by atoms with Crippen LogP contribution in [0, 0.1) is 0 Å². The van der Waals surface area contributed by atoms with E-state index in [4.69, 9.17) is 9.47 Å². The van der Waals surface area contributed by atoms with Crippen LogP contribution < -0.4 is 26.2 Å². The highest BCUT2D eigenvalue weighted by atomic mass is 32.1. The number of ether oxygens (including phenoxy) is 2. The number of fused-ring (bicyclic) bond motifs is 1. The lowest BCUT2D eigenvalue weighted by atomic mass is 10.0. The number of aliphatic hydroxyl groups is 1. The molecule has 12 nitrogen and oxygen atoms in total. The van der Waals surface area contributed by atoms with E-state index in [1.807, 2.05) is 53.2 Å². The summed E-state index contributed by atoms with van der Waals surface area (Å²) < 4.78 is 11.3. The van der Waals surface area contributed by atoms with Crippen molar-refractivity contribution >= 4 is 45.6 Å². The standard InChI is InChI=1S/C38H41N5O7S/c1-49-34-20-26(7-6-24(34)21-39-22-33(45)29-8-10-32(44)37-30(29)9-11-35(46)42-37)40-36(47)14-18-43-16-12-27(13-17-43)50-38(48)41-31-5-3-2-4-28(31)25-15-19-51-23-25/h2-11,15,19-20,23,27,33,39,44-45H,12-14,16-18,21-22H2,1H3,(H,40,47)(H,41,48)(H,42,46)/t33-/m1/s1. The van der Waals surface area contributed by atoms with Gasteiger partial charge in [-0.2, -0.15) is 11.3 Å². The molecule has 3 heterocycles. The van der Waals surface area contributed by atoms with E-state index in [9.17, 15) is 24.6 Å². The molecule has 3 aromatic carbocycles. The van der Waals surface area contributed by atoms with E-state index < -0.39 is 12.2 Å². The molecule has 2 aromatic heterocycles. The topological polar surface area (TPSA) is 165 Å². The van der Waals surface area contributed by atoms with Crippen molar-refractivity contribution in [2.75, 3.05) is 43.9 Å². The van der Waals surface area contributed by atoms with Crippen LogP contribution in [0.15, 0.2) is 88.4 Å². The van der Waals surface area contributed by atoms with Gasteiger partial charge in [-0.3, -0.25) is 14.9 Å². The number of methoxy groups -OCH3 is 1. The molecule has 1 aliphatic rings. The molecule has 0 saturated carbocycles. The Balaban J connectivity index is 0.922. The highest BCUT2D eigenvalue weighted by Gasteiger charge is 2.23. The fourth-order valence-electron chi connectivity index (χ4n) is 6.26. The Hall–Kier alpha value is -5.21. The van der Waals surface area contributed by atoms with Gasteiger partial charge in [0.2, 0.25) is 11.5 Å². The van der Waals surface area contributed by atoms with Crippen LogP contribution >= 0.6 is 11.3 Å². The van der Waals surface area contributed by atoms with Crippen LogP contribution in [0.3, 0.4) is 0 Å². The molecule has 0 radical (unpaired) electrons. The number of nitrogens with zero attached hydrogens (tertiary/aromatic N) is 1. The number of piperidine rings is 1. The fourth-order valence-corrected chi connectivity index (χ4v) is 6.91. The fraction of sp³-hybridized carbons (Fsp3) is 0.289. The van der Waals surface area contributed by atoms with Crippen molar-refractivity contribution in [2.24, 2.45) is 0 Å². The van der Waals surface area contributed by atoms with Crippen molar-refractivity contribution in [3.63, 3.8) is 0 Å². The predicted molar refractivity (Wildman–Crippen MR) is 198 cm³/mol. The highest BCUT2D eigenvalue weighted by molar-refractivity contribution is 7.08. The zero-order chi connectivity index (χ0) is 35.7. The van der Waals surface area contributed by atoms with Crippen LogP contribution in [-0.4, -0.2) is 71.5 Å². The zero-order valence-electron chi connectivity index (χ0n) is 28.2. The lowest BCUT2D eigenvalue weighted by molar-refractivity contribution is -0.116. The molecule has 1 aliphatic heterocycles. The van der Waals surface area contributed by atoms with E-state index >= 15 is 0 Å². The third-order valence-corrected chi connectivity index (χ3v) is 9.63. The number of anilines is 2. The summed E-state index contributed by atoms with van der Waals surface area (Å²) in [5, 5.41) is 34.7. The molecule has 2 amide bonds. The second-order valence-corrected chi connectivity index (χ2v) is 13.2. The van der Waals surface area contributed by atoms with Gasteiger partial charge in [-0.15, -0.1) is 0 Å². The minimum atomic E-state index is -0.897. The molecule has 51 heavy (non-hydrogen) atoms. The minimum Gasteiger partial charge on any atom is -0.506 e. The Labute approximate surface area is 299 Å². The number of hydrogen-bond donors (Lipinski definition) is 6. The number of aromatic amines is 1. The van der Waals surface area contributed by atoms with E-state index in [1.54, 1.807) is 36.6 Å². The van der Waals surface area contributed by atoms with Crippen LogP contribution in [0.1, 0.15) is 36.5 Å². The molecule has 6 rings (SSSR count). The Morgan fingerprint density at radius 3 is 2.65 bits per heavy atom. The monoisotopic (exact) mass is 711 g/mol. The maximum Gasteiger partial charge on any atom is 0.411 e. The molecular formula is C38H41N5O7S. The molecule has 0 bridgehead atoms. The molecule has 1 atom stereocenters. The number of nitrogens with one attached hydrogen (secondary N) is 4. The molecule has 266 valence electrons. The number of amides is 2. The normalized spacial score (nSPS) is 14.2. The second kappa shape index (κ2) is 16.7. The number of carbonyl (C=O) groups excluding carboxylic acids is 2. The van der Waals surface area contributed by atoms with Crippen molar-refractivity contribution in [3.05, 3.63) is 105 Å². The number of pyridine rings is 1. The Bertz CT molecular complexity index is 2030. The molecule has 5 aromatic rings. The first kappa shape index (κ1) is 35.6. The molecule has 13 heteroatoms. The first-order valence-corrected chi connectivity index (χ1v) is 17.7. The van der Waals surface area contributed by atoms with Gasteiger partial charge < -0.3 is 40.2 Å². The number of thiophene rings is 1. The summed E-state index contributed by atoms with van der Waals surface area (Å²) in [5.41, 5.74) is 4.68. The van der Waals surface area contributed by atoms with Crippen LogP contribution in [0.4, 0.5) is 16.2 Å². The molecule has 6 N–H and O–H groups in total. The van der Waals surface area contributed by atoms with Gasteiger partial charge in [-0.25, -0.2) is 4.79 Å². The minimum absolute atomic E-state index is 0.0652. The van der Waals surface area contributed by atoms with E-state index in [2.05, 4.69) is 25.8 Å². The van der Waals surface area contributed by atoms with E-state index in [1.165, 1.54) is 12.1 Å². The average molecular weight is 712 g/mol. The summed E-state index contributed by atoms with van der Waals surface area (Å²) in [4.78, 5) is 42.0. The van der Waals surface area contributed by atoms with Gasteiger partial charge in [0.25, 0.3) is 0 Å². The van der Waals surface area contributed by atoms with E-state index in [-0.39, 0.29) is 35.4 Å². The number of aliphatic hydroxyl groups excluding tert-OH is 1. The van der Waals surface area contributed by atoms with Crippen molar-refractivity contribution < 1.29 is 29.3 Å². The number of aromatic nitrogens is 1. The van der Waals surface area contributed by atoms with Crippen LogP contribution in [0.5, 0.6) is 11.5 Å². The number of H-pyrrole nitrogens is 1. The Kier molecular flexibility index (Phi) is 11.6. The van der Waals surface area contributed by atoms with Crippen LogP contribution in [0.2, 0.25) is 0 Å². The van der Waals surface area contributed by atoms with Crippen LogP contribution in [-0.2, 0) is 16.1 Å². The third-order valence-electron chi connectivity index (χ3n) is 8.95. The van der Waals surface area contributed by atoms with Gasteiger partial charge in [0, 0.05) is 73.5 Å². The number of carbonyl (C=O) groups is 2. The summed E-state index contributed by atoms with van der Waals surface area (Å²) >= 11 is 1.60. The number of aromatic hydroxyl groups is 1. The van der Waals surface area contributed by atoms with Gasteiger partial charge in [-0.1, -0.05) is 30.3 Å². The van der Waals surface area contributed by atoms with Gasteiger partial charge in [0.1, 0.15) is 17.6 Å². The summed E-state index contributed by atoms with van der Waals surface area (Å²) in [5.74, 6) is 0.406. The maximum absolute atomic E-state index is 12.8. The molecular weight excluding hydrogens is 671 g/mol. The number of benzene rings is 3. The van der Waals surface area contributed by atoms with Crippen LogP contribution in [0.25, 0.3) is 22.0 Å². The molecule has 1 saturated heterocycles. The summed E-state index contributed by atoms with van der Waals surface area (Å²) in [6, 6.07) is 21.1. The molecule has 0 aliphatic carbocycles. The average Bonchev–Trinajstić information content (AvgIpc) is 3.67. The molecule has 1 fully saturated rings. The van der Waals surface area contributed by atoms with Crippen molar-refractivity contribution in [2.45, 2.75) is 38.0 Å². The number of likely N-dealkylation sites (tertiary alicyclic amines) is 1. The lowest BCUT2D eigenvalue weighted by Gasteiger charge is -2.31. The number of phenols is 1. The zero-order valence-corrected chi connectivity index (χ0v) is 29.0. The van der Waals surface area contributed by atoms with Crippen molar-refractivity contribution in [1.29, 1.82) is 0 Å². The van der Waals surface area contributed by atoms with Gasteiger partial charge in [-0.05, 0) is 65.1 Å². The molecule has 0 spiro atoms. The number of rotatable bonds is 13. The number of hydrogen-bond acceptors (Lipinski definition) is 10. The number of para-hydroxylation sites is 1. The number of phenolic OH excluding ortho intramolecular Hbond substituents is 1. The largest absolute Gasteiger partial charge is 0.506 e. The molecule has 0 unspecified atom stereocenters. The summed E-state index contributed by atoms with van der Waals surface area (Å²) in [7, 11) is 1.56. The first-order chi connectivity index (χ1) is 24.8. The second-order valence-electron chi connectivity index (χ2n) is 12.4. The smallest absolute Gasteiger partial charge is 0.411 e. The van der Waals surface area contributed by atoms with Crippen molar-refractivity contribution in [3.8, 4) is 22.6 Å². The van der Waals surface area contributed by atoms with E-state index in [0.717, 1.165) is 29.8 Å². The Morgan fingerprint density at radius 1 is 1.04 bits per heavy atom. The predicted octanol–water partition coefficient (Wildman–Crippen LogP) is 5.84. The Morgan fingerprint density at radius 2 is 1.86 bits per heavy atom. The van der Waals surface area contributed by atoms with Crippen molar-refractivity contribution in [1.82, 2.24) is 15.2 Å². The van der Waals surface area contributed by atoms with Gasteiger partial charge >= 0.3 is 6.09 Å². The van der Waals surface area contributed by atoms with Gasteiger partial charge in [0.05, 0.1) is 24.4 Å². The maximum atomic E-state index is 12.8. The quantitative estimate of drug-likeness (QED) is 0.0881. The lowest BCUT2D eigenvalue weighted by Crippen LogP contribution is -2.39. The highest BCUT2D eigenvalue weighted by Crippen LogP contribution is 2.31. The van der Waals surface area contributed by atoms with E-state index in [0.29, 0.717) is 60.4 Å². The summed E-state index contributed by atoms with van der Waals surface area (Å²) in [6.07, 6.45) is 0.147.